The van der Waals surface area contributed by atoms with Crippen molar-refractivity contribution in [1.82, 2.24) is 9.80 Å². The fraction of sp³-hybridized carbons (Fsp3) is 0.300. The standard InChI is InChI=1S/C30H30BrN3O4/c1-38-26-13-7-22(8-14-26)29(36)33(25-15-17-32(18-16-25)20-21-5-3-2-4-6-21)27-19-28(35)34(30(27)37)24-11-9-23(31)10-12-24/h2-14,25,27H,15-20H2,1H3. The van der Waals surface area contributed by atoms with E-state index < -0.39 is 6.04 Å². The van der Waals surface area contributed by atoms with E-state index in [2.05, 4.69) is 33.0 Å². The number of likely N-dealkylation sites (tertiary alicyclic amines) is 1. The molecule has 3 aromatic carbocycles. The first-order chi connectivity index (χ1) is 18.4. The molecule has 38 heavy (non-hydrogen) atoms. The summed E-state index contributed by atoms with van der Waals surface area (Å²) in [5, 5.41) is 0. The highest BCUT2D eigenvalue weighted by atomic mass is 79.9. The Morgan fingerprint density at radius 3 is 2.24 bits per heavy atom. The second kappa shape index (κ2) is 11.5. The monoisotopic (exact) mass is 575 g/mol. The molecule has 2 fully saturated rings. The maximum Gasteiger partial charge on any atom is 0.257 e. The van der Waals surface area contributed by atoms with Crippen molar-refractivity contribution < 1.29 is 19.1 Å². The Labute approximate surface area is 231 Å². The molecule has 3 amide bonds. The van der Waals surface area contributed by atoms with Crippen molar-refractivity contribution in [3.8, 4) is 5.75 Å². The molecule has 0 bridgehead atoms. The number of carbonyl (C=O) groups excluding carboxylic acids is 3. The van der Waals surface area contributed by atoms with Gasteiger partial charge in [-0.3, -0.25) is 19.3 Å². The van der Waals surface area contributed by atoms with Gasteiger partial charge >= 0.3 is 0 Å². The fourth-order valence-electron chi connectivity index (χ4n) is 5.34. The number of methoxy groups -OCH3 is 1. The molecule has 7 nitrogen and oxygen atoms in total. The van der Waals surface area contributed by atoms with Crippen LogP contribution in [0, 0.1) is 0 Å². The number of rotatable bonds is 7. The Kier molecular flexibility index (Phi) is 7.90. The van der Waals surface area contributed by atoms with Crippen LogP contribution in [0.15, 0.2) is 83.3 Å². The summed E-state index contributed by atoms with van der Waals surface area (Å²) in [6, 6.07) is 23.3. The Hall–Kier alpha value is -3.49. The Morgan fingerprint density at radius 2 is 1.61 bits per heavy atom. The van der Waals surface area contributed by atoms with Crippen molar-refractivity contribution >= 4 is 39.3 Å². The summed E-state index contributed by atoms with van der Waals surface area (Å²) in [5.41, 5.74) is 2.24. The van der Waals surface area contributed by atoms with Gasteiger partial charge in [-0.25, -0.2) is 4.90 Å². The second-order valence-electron chi connectivity index (χ2n) is 9.70. The molecule has 2 aliphatic heterocycles. The molecule has 0 saturated carbocycles. The van der Waals surface area contributed by atoms with Crippen LogP contribution in [0.1, 0.15) is 35.2 Å². The number of ether oxygens (including phenoxy) is 1. The number of halogens is 1. The van der Waals surface area contributed by atoms with E-state index in [-0.39, 0.29) is 30.2 Å². The van der Waals surface area contributed by atoms with Gasteiger partial charge < -0.3 is 9.64 Å². The van der Waals surface area contributed by atoms with E-state index in [4.69, 9.17) is 4.74 Å². The van der Waals surface area contributed by atoms with E-state index in [1.165, 1.54) is 10.5 Å². The largest absolute Gasteiger partial charge is 0.497 e. The summed E-state index contributed by atoms with van der Waals surface area (Å²) in [7, 11) is 1.58. The highest BCUT2D eigenvalue weighted by Gasteiger charge is 2.47. The number of nitrogens with zero attached hydrogens (tertiary/aromatic N) is 3. The molecule has 8 heteroatoms. The predicted octanol–water partition coefficient (Wildman–Crippen LogP) is 4.90. The zero-order valence-corrected chi connectivity index (χ0v) is 22.8. The van der Waals surface area contributed by atoms with Gasteiger partial charge in [0.2, 0.25) is 5.91 Å². The molecule has 3 aromatic rings. The predicted molar refractivity (Wildman–Crippen MR) is 149 cm³/mol. The molecule has 1 atom stereocenters. The zero-order valence-electron chi connectivity index (χ0n) is 21.3. The summed E-state index contributed by atoms with van der Waals surface area (Å²) in [4.78, 5) is 46.0. The van der Waals surface area contributed by atoms with Gasteiger partial charge in [0, 0.05) is 35.7 Å². The van der Waals surface area contributed by atoms with Crippen LogP contribution in [-0.2, 0) is 16.1 Å². The third-order valence-electron chi connectivity index (χ3n) is 7.31. The van der Waals surface area contributed by atoms with Crippen molar-refractivity contribution in [2.45, 2.75) is 37.9 Å². The SMILES string of the molecule is COc1ccc(C(=O)N(C2CCN(Cc3ccccc3)CC2)C2CC(=O)N(c3ccc(Br)cc3)C2=O)cc1. The van der Waals surface area contributed by atoms with Gasteiger partial charge in [-0.15, -0.1) is 0 Å². The van der Waals surface area contributed by atoms with Crippen LogP contribution in [0.4, 0.5) is 5.69 Å². The van der Waals surface area contributed by atoms with Gasteiger partial charge in [0.1, 0.15) is 11.8 Å². The smallest absolute Gasteiger partial charge is 0.257 e. The molecule has 1 unspecified atom stereocenters. The summed E-state index contributed by atoms with van der Waals surface area (Å²) < 4.78 is 6.11. The van der Waals surface area contributed by atoms with Gasteiger partial charge in [-0.05, 0) is 66.9 Å². The zero-order chi connectivity index (χ0) is 26.6. The first-order valence-electron chi connectivity index (χ1n) is 12.8. The van der Waals surface area contributed by atoms with E-state index in [1.54, 1.807) is 60.5 Å². The van der Waals surface area contributed by atoms with Crippen LogP contribution in [-0.4, -0.2) is 59.8 Å². The highest BCUT2D eigenvalue weighted by Crippen LogP contribution is 2.31. The van der Waals surface area contributed by atoms with E-state index >= 15 is 0 Å². The molecule has 2 heterocycles. The summed E-state index contributed by atoms with van der Waals surface area (Å²) in [6.45, 7) is 2.45. The maximum atomic E-state index is 13.9. The van der Waals surface area contributed by atoms with Crippen molar-refractivity contribution in [3.63, 3.8) is 0 Å². The minimum absolute atomic E-state index is 0.0268. The first kappa shape index (κ1) is 26.1. The Morgan fingerprint density at radius 1 is 0.947 bits per heavy atom. The van der Waals surface area contributed by atoms with E-state index in [1.807, 2.05) is 18.2 Å². The van der Waals surface area contributed by atoms with Gasteiger partial charge in [0.05, 0.1) is 19.2 Å². The van der Waals surface area contributed by atoms with Gasteiger partial charge in [-0.2, -0.15) is 0 Å². The fourth-order valence-corrected chi connectivity index (χ4v) is 5.60. The third kappa shape index (κ3) is 5.51. The summed E-state index contributed by atoms with van der Waals surface area (Å²) in [5.74, 6) is -0.240. The molecule has 5 rings (SSSR count). The molecule has 0 aromatic heterocycles. The first-order valence-corrected chi connectivity index (χ1v) is 13.6. The van der Waals surface area contributed by atoms with Crippen molar-refractivity contribution in [3.05, 3.63) is 94.5 Å². The van der Waals surface area contributed by atoms with Crippen LogP contribution < -0.4 is 9.64 Å². The topological polar surface area (TPSA) is 70.2 Å². The summed E-state index contributed by atoms with van der Waals surface area (Å²) >= 11 is 3.40. The number of anilines is 1. The summed E-state index contributed by atoms with van der Waals surface area (Å²) in [6.07, 6.45) is 1.43. The number of imide groups is 1. The van der Waals surface area contributed by atoms with E-state index in [0.717, 1.165) is 36.9 Å². The second-order valence-corrected chi connectivity index (χ2v) is 10.6. The lowest BCUT2D eigenvalue weighted by molar-refractivity contribution is -0.123. The molecule has 2 aliphatic rings. The Bertz CT molecular complexity index is 1290. The number of carbonyl (C=O) groups is 3. The van der Waals surface area contributed by atoms with Crippen molar-refractivity contribution in [1.29, 1.82) is 0 Å². The molecule has 0 aliphatic carbocycles. The molecule has 0 spiro atoms. The average molecular weight is 576 g/mol. The lowest BCUT2D eigenvalue weighted by atomic mass is 9.98. The molecule has 196 valence electrons. The van der Waals surface area contributed by atoms with Crippen LogP contribution >= 0.6 is 15.9 Å². The molecule has 0 radical (unpaired) electrons. The Balaban J connectivity index is 1.39. The number of hydrogen-bond donors (Lipinski definition) is 0. The van der Waals surface area contributed by atoms with Crippen molar-refractivity contribution in [2.24, 2.45) is 0 Å². The quantitative estimate of drug-likeness (QED) is 0.375. The van der Waals surface area contributed by atoms with Crippen LogP contribution in [0.5, 0.6) is 5.75 Å². The number of piperidine rings is 1. The number of benzene rings is 3. The molecule has 2 saturated heterocycles. The number of hydrogen-bond acceptors (Lipinski definition) is 5. The lowest BCUT2D eigenvalue weighted by Gasteiger charge is -2.40. The highest BCUT2D eigenvalue weighted by molar-refractivity contribution is 9.10. The normalized spacial score (nSPS) is 18.6. The van der Waals surface area contributed by atoms with E-state index in [0.29, 0.717) is 17.0 Å². The maximum absolute atomic E-state index is 13.9. The van der Waals surface area contributed by atoms with Gasteiger partial charge in [0.15, 0.2) is 0 Å². The van der Waals surface area contributed by atoms with Gasteiger partial charge in [0.25, 0.3) is 11.8 Å². The minimum Gasteiger partial charge on any atom is -0.497 e. The van der Waals surface area contributed by atoms with Crippen LogP contribution in [0.2, 0.25) is 0 Å². The lowest BCUT2D eigenvalue weighted by Crippen LogP contribution is -2.54. The van der Waals surface area contributed by atoms with Crippen LogP contribution in [0.25, 0.3) is 0 Å². The van der Waals surface area contributed by atoms with Crippen molar-refractivity contribution in [2.75, 3.05) is 25.1 Å². The molecule has 0 N–H and O–H groups in total. The van der Waals surface area contributed by atoms with Crippen LogP contribution in [0.3, 0.4) is 0 Å². The third-order valence-corrected chi connectivity index (χ3v) is 7.84. The minimum atomic E-state index is -0.841. The van der Waals surface area contributed by atoms with Gasteiger partial charge in [-0.1, -0.05) is 46.3 Å². The molecular weight excluding hydrogens is 546 g/mol. The number of amides is 3. The molecular formula is C30H30BrN3O4. The average Bonchev–Trinajstić information content (AvgIpc) is 3.24. The van der Waals surface area contributed by atoms with E-state index in [9.17, 15) is 14.4 Å².